The van der Waals surface area contributed by atoms with Gasteiger partial charge in [-0.05, 0) is 50.6 Å². The number of anilines is 1. The lowest BCUT2D eigenvalue weighted by molar-refractivity contribution is -0.134. The molecule has 1 aliphatic carbocycles. The monoisotopic (exact) mass is 479 g/mol. The van der Waals surface area contributed by atoms with Crippen LogP contribution >= 0.6 is 0 Å². The number of likely N-dealkylation sites (N-methyl/N-ethyl adjacent to an activating group) is 1. The van der Waals surface area contributed by atoms with Crippen molar-refractivity contribution in [3.05, 3.63) is 59.7 Å². The quantitative estimate of drug-likeness (QED) is 0.607. The Morgan fingerprint density at radius 1 is 1.23 bits per heavy atom. The van der Waals surface area contributed by atoms with Crippen molar-refractivity contribution in [3.63, 3.8) is 0 Å². The number of aliphatic hydroxyl groups is 1. The zero-order valence-corrected chi connectivity index (χ0v) is 20.9. The van der Waals surface area contributed by atoms with Crippen molar-refractivity contribution in [1.82, 2.24) is 9.80 Å². The minimum absolute atomic E-state index is 0.0322. The van der Waals surface area contributed by atoms with Crippen molar-refractivity contribution < 1.29 is 19.4 Å². The van der Waals surface area contributed by atoms with Gasteiger partial charge in [0.2, 0.25) is 11.8 Å². The summed E-state index contributed by atoms with van der Waals surface area (Å²) in [5.41, 5.74) is 2.67. The van der Waals surface area contributed by atoms with Crippen molar-refractivity contribution in [1.29, 1.82) is 0 Å². The summed E-state index contributed by atoms with van der Waals surface area (Å²) in [5, 5.41) is 12.8. The van der Waals surface area contributed by atoms with Gasteiger partial charge in [-0.2, -0.15) is 0 Å². The summed E-state index contributed by atoms with van der Waals surface area (Å²) in [4.78, 5) is 29.6. The molecule has 2 amide bonds. The third-order valence-corrected chi connectivity index (χ3v) is 6.92. The maximum Gasteiger partial charge on any atom is 0.227 e. The molecule has 0 bridgehead atoms. The summed E-state index contributed by atoms with van der Waals surface area (Å²) < 4.78 is 6.57. The van der Waals surface area contributed by atoms with Gasteiger partial charge in [0, 0.05) is 42.7 Å². The van der Waals surface area contributed by atoms with Gasteiger partial charge in [0.25, 0.3) is 0 Å². The van der Waals surface area contributed by atoms with Crippen LogP contribution in [0.1, 0.15) is 37.8 Å². The van der Waals surface area contributed by atoms with Crippen molar-refractivity contribution in [2.75, 3.05) is 32.1 Å². The number of nitrogens with zero attached hydrogens (tertiary/aromatic N) is 2. The molecule has 35 heavy (non-hydrogen) atoms. The molecule has 7 nitrogen and oxygen atoms in total. The van der Waals surface area contributed by atoms with E-state index in [1.54, 1.807) is 4.90 Å². The number of carbonyl (C=O) groups is 2. The Hall–Kier alpha value is -2.90. The maximum atomic E-state index is 13.3. The zero-order chi connectivity index (χ0) is 24.9. The number of rotatable bonds is 8. The van der Waals surface area contributed by atoms with E-state index < -0.39 is 0 Å². The van der Waals surface area contributed by atoms with Crippen LogP contribution < -0.4 is 10.1 Å². The third-order valence-electron chi connectivity index (χ3n) is 6.92. The molecule has 4 rings (SSSR count). The first-order valence-electron chi connectivity index (χ1n) is 12.6. The van der Waals surface area contributed by atoms with Gasteiger partial charge in [0.1, 0.15) is 11.9 Å². The second-order valence-corrected chi connectivity index (χ2v) is 10.2. The van der Waals surface area contributed by atoms with E-state index in [4.69, 9.17) is 4.74 Å². The Morgan fingerprint density at radius 2 is 1.97 bits per heavy atom. The second kappa shape index (κ2) is 11.2. The summed E-state index contributed by atoms with van der Waals surface area (Å²) in [5.74, 6) is 0.805. The molecule has 1 saturated carbocycles. The van der Waals surface area contributed by atoms with Crippen LogP contribution in [0.15, 0.2) is 48.5 Å². The van der Waals surface area contributed by atoms with Crippen LogP contribution in [0.3, 0.4) is 0 Å². The molecule has 0 radical (unpaired) electrons. The molecular weight excluding hydrogens is 442 g/mol. The number of aliphatic hydroxyl groups excluding tert-OH is 1. The normalized spacial score (nSPS) is 21.4. The average Bonchev–Trinajstić information content (AvgIpc) is 3.68. The fourth-order valence-electron chi connectivity index (χ4n) is 4.58. The lowest BCUT2D eigenvalue weighted by Gasteiger charge is -2.34. The van der Waals surface area contributed by atoms with Gasteiger partial charge in [0.05, 0.1) is 19.1 Å². The summed E-state index contributed by atoms with van der Waals surface area (Å²) in [7, 11) is 2.08. The predicted molar refractivity (Wildman–Crippen MR) is 136 cm³/mol. The first-order valence-corrected chi connectivity index (χ1v) is 12.6. The number of hydrogen-bond acceptors (Lipinski definition) is 5. The van der Waals surface area contributed by atoms with Crippen LogP contribution in [0.4, 0.5) is 5.69 Å². The SMILES string of the molecule is C[C@@H]1CN([C@H](C)CO)C(=O)Cc2cc(NC(=O)C3CC3)ccc2O[C@@H]1CN(C)Cc1ccccc1. The molecule has 0 unspecified atom stereocenters. The van der Waals surface area contributed by atoms with Crippen molar-refractivity contribution in [2.24, 2.45) is 11.8 Å². The van der Waals surface area contributed by atoms with E-state index in [0.29, 0.717) is 24.5 Å². The molecule has 2 N–H and O–H groups in total. The molecule has 0 spiro atoms. The van der Waals surface area contributed by atoms with Crippen LogP contribution in [-0.2, 0) is 22.6 Å². The van der Waals surface area contributed by atoms with E-state index in [1.807, 2.05) is 43.3 Å². The minimum Gasteiger partial charge on any atom is -0.488 e. The molecular formula is C28H37N3O4. The molecule has 0 aromatic heterocycles. The van der Waals surface area contributed by atoms with Crippen LogP contribution in [0.25, 0.3) is 0 Å². The maximum absolute atomic E-state index is 13.3. The molecule has 2 aromatic carbocycles. The van der Waals surface area contributed by atoms with Gasteiger partial charge in [0.15, 0.2) is 0 Å². The van der Waals surface area contributed by atoms with Gasteiger partial charge >= 0.3 is 0 Å². The summed E-state index contributed by atoms with van der Waals surface area (Å²) in [6, 6.07) is 15.6. The van der Waals surface area contributed by atoms with Gasteiger partial charge in [-0.15, -0.1) is 0 Å². The van der Waals surface area contributed by atoms with E-state index in [-0.39, 0.29) is 48.8 Å². The minimum atomic E-state index is -0.285. The highest BCUT2D eigenvalue weighted by atomic mass is 16.5. The number of benzene rings is 2. The van der Waals surface area contributed by atoms with Crippen LogP contribution in [0, 0.1) is 11.8 Å². The Bertz CT molecular complexity index is 1020. The molecule has 7 heteroatoms. The first-order chi connectivity index (χ1) is 16.8. The van der Waals surface area contributed by atoms with Crippen LogP contribution in [-0.4, -0.2) is 65.6 Å². The zero-order valence-electron chi connectivity index (χ0n) is 20.9. The second-order valence-electron chi connectivity index (χ2n) is 10.2. The number of ether oxygens (including phenoxy) is 1. The van der Waals surface area contributed by atoms with E-state index in [2.05, 4.69) is 36.3 Å². The van der Waals surface area contributed by atoms with Gasteiger partial charge in [-0.25, -0.2) is 0 Å². The van der Waals surface area contributed by atoms with Gasteiger partial charge in [-0.3, -0.25) is 14.5 Å². The molecule has 2 aliphatic rings. The van der Waals surface area contributed by atoms with Gasteiger partial charge in [-0.1, -0.05) is 37.3 Å². The van der Waals surface area contributed by atoms with E-state index in [1.165, 1.54) is 5.56 Å². The number of amides is 2. The number of fused-ring (bicyclic) bond motifs is 1. The standard InChI is InChI=1S/C28H37N3O4/c1-19-15-31(20(2)18-32)27(33)14-23-13-24(29-28(34)22-9-10-22)11-12-25(23)35-26(19)17-30(3)16-21-7-5-4-6-8-21/h4-8,11-13,19-20,22,26,32H,9-10,14-18H2,1-3H3,(H,29,34)/t19-,20-,26-/m1/s1. The fourth-order valence-corrected chi connectivity index (χ4v) is 4.58. The van der Waals surface area contributed by atoms with Crippen molar-refractivity contribution in [3.8, 4) is 5.75 Å². The summed E-state index contributed by atoms with van der Waals surface area (Å²) in [6.07, 6.45) is 1.87. The molecule has 188 valence electrons. The Kier molecular flexibility index (Phi) is 8.08. The van der Waals surface area contributed by atoms with Crippen molar-refractivity contribution in [2.45, 2.75) is 51.8 Å². The number of hydrogen-bond donors (Lipinski definition) is 2. The fraction of sp³-hybridized carbons (Fsp3) is 0.500. The van der Waals surface area contributed by atoms with E-state index >= 15 is 0 Å². The van der Waals surface area contributed by atoms with Crippen LogP contribution in [0.5, 0.6) is 5.75 Å². The predicted octanol–water partition coefficient (Wildman–Crippen LogP) is 3.32. The number of nitrogens with one attached hydrogen (secondary N) is 1. The lowest BCUT2D eigenvalue weighted by atomic mass is 10.0. The number of carbonyl (C=O) groups excluding carboxylic acids is 2. The third kappa shape index (κ3) is 6.61. The molecule has 1 aliphatic heterocycles. The largest absolute Gasteiger partial charge is 0.488 e. The Labute approximate surface area is 208 Å². The molecule has 2 aromatic rings. The van der Waals surface area contributed by atoms with Gasteiger partial charge < -0.3 is 20.1 Å². The van der Waals surface area contributed by atoms with Crippen molar-refractivity contribution >= 4 is 17.5 Å². The Morgan fingerprint density at radius 3 is 2.66 bits per heavy atom. The molecule has 1 heterocycles. The highest BCUT2D eigenvalue weighted by molar-refractivity contribution is 5.94. The highest BCUT2D eigenvalue weighted by Gasteiger charge is 2.32. The molecule has 1 fully saturated rings. The molecule has 3 atom stereocenters. The summed E-state index contributed by atoms with van der Waals surface area (Å²) in [6.45, 7) is 5.85. The lowest BCUT2D eigenvalue weighted by Crippen LogP contribution is -2.47. The topological polar surface area (TPSA) is 82.1 Å². The average molecular weight is 480 g/mol. The van der Waals surface area contributed by atoms with E-state index in [0.717, 1.165) is 24.9 Å². The summed E-state index contributed by atoms with van der Waals surface area (Å²) >= 11 is 0. The molecule has 0 saturated heterocycles. The smallest absolute Gasteiger partial charge is 0.227 e. The highest BCUT2D eigenvalue weighted by Crippen LogP contribution is 2.32. The first kappa shape index (κ1) is 25.2. The van der Waals surface area contributed by atoms with Crippen LogP contribution in [0.2, 0.25) is 0 Å². The van der Waals surface area contributed by atoms with E-state index in [9.17, 15) is 14.7 Å². The Balaban J connectivity index is 1.58.